The van der Waals surface area contributed by atoms with Crippen LogP contribution >= 0.6 is 0 Å². The molecule has 0 unspecified atom stereocenters. The number of β-amino-alcohol motifs (C(OH)–C–C–N with tert-alkyl or cyclic N) is 1. The van der Waals surface area contributed by atoms with Gasteiger partial charge in [0.15, 0.2) is 17.3 Å². The maximum atomic E-state index is 10.8. The molecule has 144 valence electrons. The zero-order valence-corrected chi connectivity index (χ0v) is 15.4. The first-order chi connectivity index (χ1) is 13.7. The van der Waals surface area contributed by atoms with Gasteiger partial charge in [0.25, 0.3) is 5.89 Å². The van der Waals surface area contributed by atoms with Crippen molar-refractivity contribution in [2.75, 3.05) is 24.8 Å². The van der Waals surface area contributed by atoms with E-state index in [1.54, 1.807) is 13.1 Å². The molecule has 0 amide bonds. The van der Waals surface area contributed by atoms with Gasteiger partial charge in [0.05, 0.1) is 6.10 Å². The van der Waals surface area contributed by atoms with E-state index in [-0.39, 0.29) is 12.7 Å². The molecular weight excluding hydrogens is 360 g/mol. The normalized spacial score (nSPS) is 21.1. The number of aryl methyl sites for hydroxylation is 1. The van der Waals surface area contributed by atoms with Gasteiger partial charge < -0.3 is 24.0 Å². The highest BCUT2D eigenvalue weighted by Crippen LogP contribution is 2.38. The van der Waals surface area contributed by atoms with Gasteiger partial charge in [0.2, 0.25) is 6.79 Å². The molecule has 0 saturated carbocycles. The van der Waals surface area contributed by atoms with Crippen molar-refractivity contribution in [1.29, 1.82) is 0 Å². The number of anilines is 1. The first kappa shape index (κ1) is 17.0. The van der Waals surface area contributed by atoms with Gasteiger partial charge in [-0.2, -0.15) is 4.98 Å². The number of hydrogen-bond donors (Lipinski definition) is 1. The van der Waals surface area contributed by atoms with E-state index in [9.17, 15) is 5.11 Å². The largest absolute Gasteiger partial charge is 0.454 e. The summed E-state index contributed by atoms with van der Waals surface area (Å²) in [7, 11) is 0. The van der Waals surface area contributed by atoms with E-state index < -0.39 is 6.10 Å². The van der Waals surface area contributed by atoms with Crippen LogP contribution in [0.2, 0.25) is 0 Å². The van der Waals surface area contributed by atoms with Crippen molar-refractivity contribution in [3.05, 3.63) is 47.9 Å². The fraction of sp³-hybridized carbons (Fsp3) is 0.350. The fourth-order valence-electron chi connectivity index (χ4n) is 3.81. The zero-order valence-electron chi connectivity index (χ0n) is 15.4. The van der Waals surface area contributed by atoms with Crippen molar-refractivity contribution < 1.29 is 19.1 Å². The maximum absolute atomic E-state index is 10.8. The third-order valence-electron chi connectivity index (χ3n) is 5.25. The lowest BCUT2D eigenvalue weighted by atomic mass is 9.87. The van der Waals surface area contributed by atoms with Crippen molar-refractivity contribution in [3.63, 3.8) is 0 Å². The quantitative estimate of drug-likeness (QED) is 0.741. The maximum Gasteiger partial charge on any atom is 0.258 e. The van der Waals surface area contributed by atoms with Crippen LogP contribution in [0.5, 0.6) is 11.5 Å². The number of nitrogens with zero attached hydrogens (tertiary/aromatic N) is 4. The van der Waals surface area contributed by atoms with Gasteiger partial charge >= 0.3 is 0 Å². The van der Waals surface area contributed by atoms with E-state index in [1.165, 1.54) is 0 Å². The molecule has 8 heteroatoms. The SMILES string of the molecule is Cc1noc(-c2ccnc(N3CC[C@@H](c4ccc5c(c4)OCO5)[C@H](O)C3)c2)n1. The van der Waals surface area contributed by atoms with Crippen molar-refractivity contribution in [3.8, 4) is 23.0 Å². The summed E-state index contributed by atoms with van der Waals surface area (Å²) in [6.45, 7) is 3.32. The van der Waals surface area contributed by atoms with E-state index in [2.05, 4.69) is 20.0 Å². The fourth-order valence-corrected chi connectivity index (χ4v) is 3.81. The Hall–Kier alpha value is -3.13. The summed E-state index contributed by atoms with van der Waals surface area (Å²) in [6, 6.07) is 9.65. The molecule has 8 nitrogen and oxygen atoms in total. The second-order valence-corrected chi connectivity index (χ2v) is 7.07. The van der Waals surface area contributed by atoms with Crippen LogP contribution in [0.4, 0.5) is 5.82 Å². The molecule has 0 bridgehead atoms. The van der Waals surface area contributed by atoms with Crippen molar-refractivity contribution in [2.45, 2.75) is 25.4 Å². The summed E-state index contributed by atoms with van der Waals surface area (Å²) >= 11 is 0. The molecule has 2 aliphatic rings. The van der Waals surface area contributed by atoms with Crippen molar-refractivity contribution in [1.82, 2.24) is 15.1 Å². The lowest BCUT2D eigenvalue weighted by molar-refractivity contribution is 0.129. The molecule has 0 radical (unpaired) electrons. The molecule has 0 aliphatic carbocycles. The molecule has 1 aromatic carbocycles. The molecule has 1 saturated heterocycles. The highest BCUT2D eigenvalue weighted by atomic mass is 16.7. The molecule has 2 aromatic heterocycles. The summed E-state index contributed by atoms with van der Waals surface area (Å²) in [6.07, 6.45) is 2.03. The van der Waals surface area contributed by atoms with Gasteiger partial charge in [-0.15, -0.1) is 0 Å². The lowest BCUT2D eigenvalue weighted by Crippen LogP contribution is -2.43. The molecule has 2 aliphatic heterocycles. The molecule has 4 heterocycles. The molecule has 1 N–H and O–H groups in total. The van der Waals surface area contributed by atoms with E-state index in [0.29, 0.717) is 18.3 Å². The smallest absolute Gasteiger partial charge is 0.258 e. The van der Waals surface area contributed by atoms with Crippen LogP contribution in [0.1, 0.15) is 23.7 Å². The Morgan fingerprint density at radius 3 is 2.86 bits per heavy atom. The number of fused-ring (bicyclic) bond motifs is 1. The second kappa shape index (κ2) is 6.79. The Kier molecular flexibility index (Phi) is 4.12. The topological polar surface area (TPSA) is 93.7 Å². The molecule has 3 aromatic rings. The summed E-state index contributed by atoms with van der Waals surface area (Å²) < 4.78 is 16.1. The second-order valence-electron chi connectivity index (χ2n) is 7.07. The standard InChI is InChI=1S/C20H20N4O4/c1-12-22-20(28-23-12)14-4-6-21-19(9-14)24-7-5-15(16(25)10-24)13-2-3-17-18(8-13)27-11-26-17/h2-4,6,8-9,15-16,25H,5,7,10-11H2,1H3/t15-,16+/m0/s1. The van der Waals surface area contributed by atoms with Crippen LogP contribution in [0.3, 0.4) is 0 Å². The number of aromatic nitrogens is 3. The number of ether oxygens (including phenoxy) is 2. The van der Waals surface area contributed by atoms with Crippen LogP contribution in [0.25, 0.3) is 11.5 Å². The van der Waals surface area contributed by atoms with E-state index in [1.807, 2.05) is 30.3 Å². The number of pyridine rings is 1. The van der Waals surface area contributed by atoms with Crippen LogP contribution < -0.4 is 14.4 Å². The Morgan fingerprint density at radius 1 is 1.14 bits per heavy atom. The third kappa shape index (κ3) is 3.05. The van der Waals surface area contributed by atoms with Gasteiger partial charge in [-0.1, -0.05) is 11.2 Å². The highest BCUT2D eigenvalue weighted by molar-refractivity contribution is 5.59. The monoisotopic (exact) mass is 380 g/mol. The number of piperidine rings is 1. The van der Waals surface area contributed by atoms with Gasteiger partial charge in [-0.25, -0.2) is 4.98 Å². The number of benzene rings is 1. The molecule has 1 fully saturated rings. The molecule has 2 atom stereocenters. The van der Waals surface area contributed by atoms with Gasteiger partial charge in [-0.05, 0) is 43.2 Å². The third-order valence-corrected chi connectivity index (χ3v) is 5.25. The number of hydrogen-bond acceptors (Lipinski definition) is 8. The average molecular weight is 380 g/mol. The molecular formula is C20H20N4O4. The summed E-state index contributed by atoms with van der Waals surface area (Å²) in [5.41, 5.74) is 1.89. The average Bonchev–Trinajstić information content (AvgIpc) is 3.36. The lowest BCUT2D eigenvalue weighted by Gasteiger charge is -2.37. The van der Waals surface area contributed by atoms with Gasteiger partial charge in [-0.3, -0.25) is 0 Å². The molecule has 5 rings (SSSR count). The van der Waals surface area contributed by atoms with Crippen molar-refractivity contribution in [2.24, 2.45) is 0 Å². The van der Waals surface area contributed by atoms with Crippen molar-refractivity contribution >= 4 is 5.82 Å². The minimum Gasteiger partial charge on any atom is -0.454 e. The number of aliphatic hydroxyl groups is 1. The summed E-state index contributed by atoms with van der Waals surface area (Å²) in [5.74, 6) is 3.40. The predicted octanol–water partition coefficient (Wildman–Crippen LogP) is 2.52. The Labute approximate surface area is 161 Å². The summed E-state index contributed by atoms with van der Waals surface area (Å²) in [4.78, 5) is 10.8. The minimum absolute atomic E-state index is 0.0486. The zero-order chi connectivity index (χ0) is 19.1. The van der Waals surface area contributed by atoms with Gasteiger partial charge in [0.1, 0.15) is 5.82 Å². The first-order valence-corrected chi connectivity index (χ1v) is 9.27. The van der Waals surface area contributed by atoms with Crippen LogP contribution in [0, 0.1) is 6.92 Å². The van der Waals surface area contributed by atoms with Crippen LogP contribution in [-0.2, 0) is 0 Å². The van der Waals surface area contributed by atoms with Gasteiger partial charge in [0, 0.05) is 30.8 Å². The molecule has 0 spiro atoms. The Balaban J connectivity index is 1.33. The van der Waals surface area contributed by atoms with E-state index in [0.717, 1.165) is 41.4 Å². The Bertz CT molecular complexity index is 1010. The van der Waals surface area contributed by atoms with Crippen LogP contribution in [-0.4, -0.2) is 46.2 Å². The van der Waals surface area contributed by atoms with E-state index >= 15 is 0 Å². The number of aliphatic hydroxyl groups excluding tert-OH is 1. The first-order valence-electron chi connectivity index (χ1n) is 9.27. The molecule has 28 heavy (non-hydrogen) atoms. The highest BCUT2D eigenvalue weighted by Gasteiger charge is 2.31. The summed E-state index contributed by atoms with van der Waals surface area (Å²) in [5, 5.41) is 14.6. The van der Waals surface area contributed by atoms with E-state index in [4.69, 9.17) is 14.0 Å². The predicted molar refractivity (Wildman–Crippen MR) is 100 cm³/mol. The van der Waals surface area contributed by atoms with Crippen LogP contribution in [0.15, 0.2) is 41.1 Å². The minimum atomic E-state index is -0.509. The number of rotatable bonds is 3. The Morgan fingerprint density at radius 2 is 2.04 bits per heavy atom.